The van der Waals surface area contributed by atoms with Crippen LogP contribution in [0.2, 0.25) is 0 Å². The molecule has 0 saturated carbocycles. The van der Waals surface area contributed by atoms with E-state index >= 15 is 0 Å². The molecule has 0 spiro atoms. The minimum Gasteiger partial charge on any atom is -0.354 e. The van der Waals surface area contributed by atoms with Crippen molar-refractivity contribution in [3.8, 4) is 0 Å². The van der Waals surface area contributed by atoms with E-state index in [0.717, 1.165) is 25.9 Å². The lowest BCUT2D eigenvalue weighted by Crippen LogP contribution is -2.38. The van der Waals surface area contributed by atoms with Crippen LogP contribution in [0, 0.1) is 5.92 Å². The molecule has 0 aromatic carbocycles. The molecule has 0 radical (unpaired) electrons. The van der Waals surface area contributed by atoms with Gasteiger partial charge in [-0.3, -0.25) is 4.79 Å². The maximum absolute atomic E-state index is 11.1. The summed E-state index contributed by atoms with van der Waals surface area (Å²) >= 11 is 0. The highest BCUT2D eigenvalue weighted by molar-refractivity contribution is 5.85. The first-order valence-corrected chi connectivity index (χ1v) is 3.87. The molecule has 4 heteroatoms. The van der Waals surface area contributed by atoms with Gasteiger partial charge < -0.3 is 10.6 Å². The maximum atomic E-state index is 11.1. The number of carbonyl (C=O) groups is 1. The van der Waals surface area contributed by atoms with Gasteiger partial charge in [-0.1, -0.05) is 0 Å². The number of rotatable bonds is 0. The zero-order valence-electron chi connectivity index (χ0n) is 6.30. The Bertz CT molecular complexity index is 155. The molecule has 3 heterocycles. The van der Waals surface area contributed by atoms with Gasteiger partial charge in [0.15, 0.2) is 0 Å². The van der Waals surface area contributed by atoms with Crippen molar-refractivity contribution in [1.82, 2.24) is 10.6 Å². The molecule has 0 aromatic heterocycles. The first kappa shape index (κ1) is 8.81. The summed E-state index contributed by atoms with van der Waals surface area (Å²) in [4.78, 5) is 11.1. The summed E-state index contributed by atoms with van der Waals surface area (Å²) in [7, 11) is 0. The predicted octanol–water partition coefficient (Wildman–Crippen LogP) is -0.0938. The largest absolute Gasteiger partial charge is 0.354 e. The van der Waals surface area contributed by atoms with E-state index in [4.69, 9.17) is 0 Å². The summed E-state index contributed by atoms with van der Waals surface area (Å²) in [5, 5.41) is 6.23. The number of nitrogens with one attached hydrogen (secondary N) is 2. The van der Waals surface area contributed by atoms with Crippen LogP contribution < -0.4 is 10.6 Å². The summed E-state index contributed by atoms with van der Waals surface area (Å²) in [5.74, 6) is 0.492. The lowest BCUT2D eigenvalue weighted by Gasteiger charge is -2.21. The zero-order chi connectivity index (χ0) is 6.97. The van der Waals surface area contributed by atoms with Crippen molar-refractivity contribution in [3.63, 3.8) is 0 Å². The van der Waals surface area contributed by atoms with E-state index in [1.807, 2.05) is 0 Å². The van der Waals surface area contributed by atoms with E-state index in [-0.39, 0.29) is 24.2 Å². The first-order chi connectivity index (χ1) is 4.86. The second-order valence-electron chi connectivity index (χ2n) is 3.12. The highest BCUT2D eigenvalue weighted by Gasteiger charge is 2.29. The lowest BCUT2D eigenvalue weighted by atomic mass is 9.97. The lowest BCUT2D eigenvalue weighted by molar-refractivity contribution is -0.124. The van der Waals surface area contributed by atoms with Crippen molar-refractivity contribution in [3.05, 3.63) is 0 Å². The van der Waals surface area contributed by atoms with E-state index < -0.39 is 0 Å². The third kappa shape index (κ3) is 1.65. The molecule has 2 unspecified atom stereocenters. The Hall–Kier alpha value is -0.280. The average molecular weight is 177 g/mol. The van der Waals surface area contributed by atoms with Gasteiger partial charge >= 0.3 is 0 Å². The summed E-state index contributed by atoms with van der Waals surface area (Å²) in [6, 6.07) is 0.544. The monoisotopic (exact) mass is 176 g/mol. The van der Waals surface area contributed by atoms with Crippen molar-refractivity contribution in [2.45, 2.75) is 18.9 Å². The number of carbonyl (C=O) groups excluding carboxylic acids is 1. The Labute approximate surface area is 72.3 Å². The summed E-state index contributed by atoms with van der Waals surface area (Å²) in [5.41, 5.74) is 0. The normalized spacial score (nSPS) is 35.5. The van der Waals surface area contributed by atoms with E-state index in [1.54, 1.807) is 0 Å². The minimum absolute atomic E-state index is 0. The molecule has 64 valence electrons. The van der Waals surface area contributed by atoms with Gasteiger partial charge in [-0.05, 0) is 12.8 Å². The quantitative estimate of drug-likeness (QED) is 0.542. The van der Waals surface area contributed by atoms with Crippen molar-refractivity contribution in [1.29, 1.82) is 0 Å². The van der Waals surface area contributed by atoms with Crippen LogP contribution in [0.3, 0.4) is 0 Å². The van der Waals surface area contributed by atoms with E-state index in [9.17, 15) is 4.79 Å². The van der Waals surface area contributed by atoms with Crippen molar-refractivity contribution >= 4 is 18.3 Å². The molecule has 3 rings (SSSR count). The summed E-state index contributed by atoms with van der Waals surface area (Å²) in [6.45, 7) is 1.71. The third-order valence-corrected chi connectivity index (χ3v) is 2.41. The van der Waals surface area contributed by atoms with Gasteiger partial charge in [0.25, 0.3) is 0 Å². The molecule has 11 heavy (non-hydrogen) atoms. The molecule has 2 bridgehead atoms. The first-order valence-electron chi connectivity index (χ1n) is 3.87. The van der Waals surface area contributed by atoms with E-state index in [2.05, 4.69) is 10.6 Å². The SMILES string of the molecule is Cl.O=C1NCC2CCC1CN2. The minimum atomic E-state index is 0. The molecule has 2 N–H and O–H groups in total. The third-order valence-electron chi connectivity index (χ3n) is 2.41. The molecule has 0 aliphatic carbocycles. The van der Waals surface area contributed by atoms with Crippen LogP contribution in [-0.2, 0) is 4.79 Å². The molecular weight excluding hydrogens is 164 g/mol. The van der Waals surface area contributed by atoms with Crippen LogP contribution in [0.15, 0.2) is 0 Å². The molecule has 3 nitrogen and oxygen atoms in total. The number of halogens is 1. The Balaban J connectivity index is 0.000000605. The number of piperidine rings is 1. The zero-order valence-corrected chi connectivity index (χ0v) is 7.12. The maximum Gasteiger partial charge on any atom is 0.224 e. The molecule has 2 atom stereocenters. The van der Waals surface area contributed by atoms with Crippen molar-refractivity contribution in [2.24, 2.45) is 5.92 Å². The van der Waals surface area contributed by atoms with Gasteiger partial charge in [0.05, 0.1) is 5.92 Å². The van der Waals surface area contributed by atoms with Gasteiger partial charge in [0.1, 0.15) is 0 Å². The highest BCUT2D eigenvalue weighted by Crippen LogP contribution is 2.16. The van der Waals surface area contributed by atoms with E-state index in [0.29, 0.717) is 6.04 Å². The van der Waals surface area contributed by atoms with Gasteiger partial charge in [-0.15, -0.1) is 12.4 Å². The topological polar surface area (TPSA) is 41.1 Å². The van der Waals surface area contributed by atoms with Crippen LogP contribution in [-0.4, -0.2) is 25.0 Å². The Morgan fingerprint density at radius 2 is 2.09 bits per heavy atom. The van der Waals surface area contributed by atoms with Crippen molar-refractivity contribution < 1.29 is 4.79 Å². The fraction of sp³-hybridized carbons (Fsp3) is 0.857. The van der Waals surface area contributed by atoms with Crippen LogP contribution in [0.25, 0.3) is 0 Å². The highest BCUT2D eigenvalue weighted by atomic mass is 35.5. The van der Waals surface area contributed by atoms with Crippen molar-refractivity contribution in [2.75, 3.05) is 13.1 Å². The summed E-state index contributed by atoms with van der Waals surface area (Å²) in [6.07, 6.45) is 2.23. The molecule has 3 aliphatic heterocycles. The van der Waals surface area contributed by atoms with Gasteiger partial charge in [-0.2, -0.15) is 0 Å². The second-order valence-corrected chi connectivity index (χ2v) is 3.12. The number of fused-ring (bicyclic) bond motifs is 4. The standard InChI is InChI=1S/C7H12N2O.ClH/c10-7-5-1-2-6(4-9-7)8-3-5;/h5-6,8H,1-4H2,(H,9,10);1H. The Morgan fingerprint density at radius 1 is 1.27 bits per heavy atom. The Morgan fingerprint density at radius 3 is 2.73 bits per heavy atom. The predicted molar refractivity (Wildman–Crippen MR) is 44.8 cm³/mol. The fourth-order valence-electron chi connectivity index (χ4n) is 1.68. The molecule has 3 saturated heterocycles. The second kappa shape index (κ2) is 3.41. The number of hydrogen-bond donors (Lipinski definition) is 2. The molecule has 3 aliphatic rings. The van der Waals surface area contributed by atoms with Gasteiger partial charge in [0.2, 0.25) is 5.91 Å². The molecule has 3 fully saturated rings. The molecule has 0 aromatic rings. The molecule has 1 amide bonds. The Kier molecular flexibility index (Phi) is 2.73. The van der Waals surface area contributed by atoms with E-state index in [1.165, 1.54) is 0 Å². The van der Waals surface area contributed by atoms with Gasteiger partial charge in [-0.25, -0.2) is 0 Å². The van der Waals surface area contributed by atoms with Crippen LogP contribution >= 0.6 is 12.4 Å². The fourth-order valence-corrected chi connectivity index (χ4v) is 1.68. The average Bonchev–Trinajstić information content (AvgIpc) is 2.24. The van der Waals surface area contributed by atoms with Crippen LogP contribution in [0.5, 0.6) is 0 Å². The van der Waals surface area contributed by atoms with Crippen LogP contribution in [0.4, 0.5) is 0 Å². The molecular formula is C7H13ClN2O. The smallest absolute Gasteiger partial charge is 0.224 e. The summed E-state index contributed by atoms with van der Waals surface area (Å²) < 4.78 is 0. The number of hydrogen-bond acceptors (Lipinski definition) is 2. The van der Waals surface area contributed by atoms with Crippen LogP contribution in [0.1, 0.15) is 12.8 Å². The number of amides is 1. The van der Waals surface area contributed by atoms with Gasteiger partial charge in [0, 0.05) is 19.1 Å².